The topological polar surface area (TPSA) is 186 Å². The molecule has 0 spiro atoms. The van der Waals surface area contributed by atoms with Gasteiger partial charge in [-0.25, -0.2) is 21.8 Å². The van der Waals surface area contributed by atoms with Crippen LogP contribution in [0.25, 0.3) is 10.2 Å². The van der Waals surface area contributed by atoms with Crippen molar-refractivity contribution in [1.82, 2.24) is 18.9 Å². The molecule has 3 unspecified atom stereocenters. The van der Waals surface area contributed by atoms with Gasteiger partial charge in [-0.1, -0.05) is 86.4 Å². The highest BCUT2D eigenvalue weighted by Gasteiger charge is 2.45. The van der Waals surface area contributed by atoms with Crippen LogP contribution in [0, 0.1) is 11.3 Å². The van der Waals surface area contributed by atoms with E-state index in [1.807, 2.05) is 54.6 Å². The van der Waals surface area contributed by atoms with Gasteiger partial charge in [-0.15, -0.1) is 0 Å². The number of nitrogens with two attached hydrogens (primary N) is 1. The summed E-state index contributed by atoms with van der Waals surface area (Å²) in [5.74, 6) is -1.88. The van der Waals surface area contributed by atoms with E-state index in [4.69, 9.17) is 10.5 Å². The van der Waals surface area contributed by atoms with Crippen molar-refractivity contribution in [2.75, 3.05) is 12.8 Å². The van der Waals surface area contributed by atoms with Crippen LogP contribution in [0.2, 0.25) is 0 Å². The molecule has 3 fully saturated rings. The van der Waals surface area contributed by atoms with E-state index < -0.39 is 61.2 Å². The molecular weight excluding hydrogens is 751 g/mol. The molecule has 1 aromatic heterocycles. The van der Waals surface area contributed by atoms with Crippen LogP contribution < -0.4 is 15.2 Å². The average molecular weight is 802 g/mol. The maximum atomic E-state index is 14.5. The number of thiazole rings is 1. The number of carbonyl (C=O) groups excluding carboxylic acids is 3. The number of fused-ring (bicyclic) bond motifs is 1. The van der Waals surface area contributed by atoms with E-state index in [1.165, 1.54) is 20.5 Å². The van der Waals surface area contributed by atoms with Crippen LogP contribution in [0.1, 0.15) is 89.5 Å². The van der Waals surface area contributed by atoms with Crippen LogP contribution in [0.15, 0.2) is 54.6 Å². The van der Waals surface area contributed by atoms with Gasteiger partial charge in [0.05, 0.1) is 28.3 Å². The first kappa shape index (κ1) is 40.1. The van der Waals surface area contributed by atoms with Crippen LogP contribution in [-0.4, -0.2) is 85.0 Å². The Bertz CT molecular complexity index is 2010. The number of hydrogen-bond donors (Lipinski definition) is 2. The number of hydrogen-bond acceptors (Lipinski definition) is 10. The second kappa shape index (κ2) is 16.6. The molecule has 5 atom stereocenters. The largest absolute Gasteiger partial charge is 0.465 e. The summed E-state index contributed by atoms with van der Waals surface area (Å²) in [6.45, 7) is 2.20. The molecule has 1 saturated heterocycles. The number of benzene rings is 2. The summed E-state index contributed by atoms with van der Waals surface area (Å²) >= 11 is 1.37. The van der Waals surface area contributed by atoms with Crippen molar-refractivity contribution in [2.24, 2.45) is 17.1 Å². The fourth-order valence-electron chi connectivity index (χ4n) is 7.94. The Balaban J connectivity index is 1.09. The predicted molar refractivity (Wildman–Crippen MR) is 207 cm³/mol. The zero-order chi connectivity index (χ0) is 38.7. The lowest BCUT2D eigenvalue weighted by Crippen LogP contribution is -2.54. The number of likely N-dealkylation sites (tertiary alicyclic amines) is 1. The molecule has 54 heavy (non-hydrogen) atoms. The first-order chi connectivity index (χ1) is 25.6. The maximum Gasteiger partial charge on any atom is 0.274 e. The van der Waals surface area contributed by atoms with Crippen LogP contribution in [-0.2, 0) is 41.0 Å². The molecule has 3 N–H and O–H groups in total. The number of nitrogens with zero attached hydrogens (tertiary/aromatic N) is 3. The fourth-order valence-corrected chi connectivity index (χ4v) is 11.2. The second-order valence-electron chi connectivity index (χ2n) is 15.6. The normalized spacial score (nSPS) is 23.8. The SMILES string of the molecule is CC1(CCCCCCC(C(=O)N2CC(Oc3nc4ccccc4s3)C[C@H]2C(N)=O)N(Cc2ccccc2)S(C)(=O)=O)CC[C@H](C(=O)NS(=O)(=O)C2CC2)C1. The van der Waals surface area contributed by atoms with E-state index in [2.05, 4.69) is 16.6 Å². The van der Waals surface area contributed by atoms with E-state index in [9.17, 15) is 31.2 Å². The van der Waals surface area contributed by atoms with Crippen LogP contribution in [0.4, 0.5) is 0 Å². The molecule has 13 nitrogen and oxygen atoms in total. The predicted octanol–water partition coefficient (Wildman–Crippen LogP) is 4.72. The van der Waals surface area contributed by atoms with Crippen molar-refractivity contribution in [3.63, 3.8) is 0 Å². The monoisotopic (exact) mass is 801 g/mol. The van der Waals surface area contributed by atoms with Gasteiger partial charge in [0.15, 0.2) is 0 Å². The number of unbranched alkanes of at least 4 members (excludes halogenated alkanes) is 3. The van der Waals surface area contributed by atoms with E-state index in [-0.39, 0.29) is 37.3 Å². The maximum absolute atomic E-state index is 14.5. The van der Waals surface area contributed by atoms with E-state index >= 15 is 0 Å². The summed E-state index contributed by atoms with van der Waals surface area (Å²) in [6.07, 6.45) is 8.21. The van der Waals surface area contributed by atoms with Crippen LogP contribution >= 0.6 is 11.3 Å². The number of amides is 3. The summed E-state index contributed by atoms with van der Waals surface area (Å²) in [6, 6.07) is 14.7. The highest BCUT2D eigenvalue weighted by molar-refractivity contribution is 7.91. The third-order valence-electron chi connectivity index (χ3n) is 11.1. The van der Waals surface area contributed by atoms with Crippen molar-refractivity contribution in [3.05, 3.63) is 60.2 Å². The van der Waals surface area contributed by atoms with Crippen molar-refractivity contribution < 1.29 is 36.0 Å². The molecule has 1 aliphatic heterocycles. The Labute approximate surface area is 322 Å². The molecule has 3 amide bonds. The number of primary amides is 1. The van der Waals surface area contributed by atoms with Gasteiger partial charge in [0.1, 0.15) is 18.2 Å². The molecule has 294 valence electrons. The molecule has 16 heteroatoms. The minimum absolute atomic E-state index is 0.00809. The van der Waals surface area contributed by atoms with Crippen LogP contribution in [0.5, 0.6) is 5.19 Å². The standard InChI is InChI=1S/C38H51N5O8S3/c1-38(21-19-27(23-38)35(45)41-54(49,50)29-17-18-29)20-11-4-3-8-15-31(43(53(2,47)48)24-26-12-6-5-7-13-26)36(46)42-25-28(22-32(42)34(39)44)51-37-40-30-14-9-10-16-33(30)52-37/h5-7,9-10,12-14,16,27-29,31-32H,3-4,8,11,15,17-25H2,1-2H3,(H2,39,44)(H,41,45)/t27-,28?,31?,32-,38?/m0/s1. The number of aromatic nitrogens is 1. The summed E-state index contributed by atoms with van der Waals surface area (Å²) in [4.78, 5) is 45.9. The first-order valence-electron chi connectivity index (χ1n) is 18.8. The molecule has 2 saturated carbocycles. The molecule has 3 aliphatic rings. The number of nitrogens with one attached hydrogen (secondary N) is 1. The van der Waals surface area contributed by atoms with Crippen molar-refractivity contribution in [2.45, 2.75) is 114 Å². The highest BCUT2D eigenvalue weighted by Crippen LogP contribution is 2.45. The summed E-state index contributed by atoms with van der Waals surface area (Å²) in [5, 5.41) is -0.0167. The third kappa shape index (κ3) is 9.98. The van der Waals surface area contributed by atoms with Gasteiger partial charge in [-0.3, -0.25) is 19.1 Å². The van der Waals surface area contributed by atoms with Gasteiger partial charge < -0.3 is 15.4 Å². The Hall–Kier alpha value is -3.60. The van der Waals surface area contributed by atoms with E-state index in [0.29, 0.717) is 37.3 Å². The molecule has 2 aromatic carbocycles. The minimum atomic E-state index is -3.88. The second-order valence-corrected chi connectivity index (χ2v) is 20.4. The number of sulfonamides is 2. The summed E-state index contributed by atoms with van der Waals surface area (Å²) in [5.41, 5.74) is 7.27. The number of carbonyl (C=O) groups is 3. The number of para-hydroxylation sites is 1. The van der Waals surface area contributed by atoms with Crippen molar-refractivity contribution >= 4 is 59.3 Å². The van der Waals surface area contributed by atoms with Gasteiger partial charge in [0.2, 0.25) is 37.8 Å². The van der Waals surface area contributed by atoms with Crippen LogP contribution in [0.3, 0.4) is 0 Å². The summed E-state index contributed by atoms with van der Waals surface area (Å²) < 4.78 is 62.0. The quantitative estimate of drug-likeness (QED) is 0.172. The Morgan fingerprint density at radius 1 is 1.02 bits per heavy atom. The number of ether oxygens (including phenoxy) is 1. The fraction of sp³-hybridized carbons (Fsp3) is 0.579. The molecule has 3 aromatic rings. The van der Waals surface area contributed by atoms with Gasteiger partial charge >= 0.3 is 0 Å². The lowest BCUT2D eigenvalue weighted by atomic mass is 9.82. The van der Waals surface area contributed by atoms with Crippen molar-refractivity contribution in [1.29, 1.82) is 0 Å². The summed E-state index contributed by atoms with van der Waals surface area (Å²) in [7, 11) is -7.45. The van der Waals surface area contributed by atoms with Gasteiger partial charge in [-0.2, -0.15) is 4.31 Å². The molecule has 6 rings (SSSR count). The molecular formula is C38H51N5O8S3. The molecule has 0 bridgehead atoms. The zero-order valence-electron chi connectivity index (χ0n) is 30.9. The Morgan fingerprint density at radius 3 is 2.41 bits per heavy atom. The molecule has 2 heterocycles. The van der Waals surface area contributed by atoms with E-state index in [0.717, 1.165) is 54.1 Å². The lowest BCUT2D eigenvalue weighted by Gasteiger charge is -2.33. The van der Waals surface area contributed by atoms with Gasteiger partial charge in [0, 0.05) is 18.9 Å². The smallest absolute Gasteiger partial charge is 0.274 e. The average Bonchev–Trinajstić information content (AvgIpc) is 3.61. The highest BCUT2D eigenvalue weighted by atomic mass is 32.2. The Morgan fingerprint density at radius 2 is 1.72 bits per heavy atom. The van der Waals surface area contributed by atoms with Gasteiger partial charge in [-0.05, 0) is 68.1 Å². The lowest BCUT2D eigenvalue weighted by molar-refractivity contribution is -0.141. The first-order valence-corrected chi connectivity index (χ1v) is 23.0. The van der Waals surface area contributed by atoms with E-state index in [1.54, 1.807) is 0 Å². The molecule has 0 radical (unpaired) electrons. The molecule has 2 aliphatic carbocycles. The van der Waals surface area contributed by atoms with Gasteiger partial charge in [0.25, 0.3) is 5.19 Å². The Kier molecular flexibility index (Phi) is 12.3. The zero-order valence-corrected chi connectivity index (χ0v) is 33.3. The third-order valence-corrected chi connectivity index (χ3v) is 15.1. The van der Waals surface area contributed by atoms with Crippen molar-refractivity contribution in [3.8, 4) is 5.19 Å². The minimum Gasteiger partial charge on any atom is -0.465 e. The number of rotatable bonds is 18.